The van der Waals surface area contributed by atoms with Crippen LogP contribution in [0.2, 0.25) is 0 Å². The monoisotopic (exact) mass is 396 g/mol. The van der Waals surface area contributed by atoms with Crippen molar-refractivity contribution in [2.24, 2.45) is 0 Å². The van der Waals surface area contributed by atoms with Crippen LogP contribution in [0, 0.1) is 6.92 Å². The predicted molar refractivity (Wildman–Crippen MR) is 112 cm³/mol. The van der Waals surface area contributed by atoms with Gasteiger partial charge >= 0.3 is 0 Å². The zero-order valence-electron chi connectivity index (χ0n) is 17.1. The van der Waals surface area contributed by atoms with Gasteiger partial charge in [-0.3, -0.25) is 4.55 Å². The summed E-state index contributed by atoms with van der Waals surface area (Å²) in [5.41, 5.74) is 0.956. The van der Waals surface area contributed by atoms with Crippen LogP contribution in [0.4, 0.5) is 0 Å². The lowest BCUT2D eigenvalue weighted by Crippen LogP contribution is -2.23. The molecule has 0 atom stereocenters. The van der Waals surface area contributed by atoms with Crippen molar-refractivity contribution in [3.05, 3.63) is 42.2 Å². The van der Waals surface area contributed by atoms with Crippen LogP contribution in [0.5, 0.6) is 0 Å². The molecule has 1 heterocycles. The Hall–Kier alpha value is -1.53. The van der Waals surface area contributed by atoms with Crippen LogP contribution in [0.15, 0.2) is 41.6 Å². The van der Waals surface area contributed by atoms with Crippen molar-refractivity contribution in [1.82, 2.24) is 9.80 Å². The van der Waals surface area contributed by atoms with Crippen LogP contribution in [-0.2, 0) is 10.1 Å². The van der Waals surface area contributed by atoms with Gasteiger partial charge in [0.25, 0.3) is 10.1 Å². The Morgan fingerprint density at radius 2 is 1.48 bits per heavy atom. The molecule has 0 aromatic heterocycles. The maximum atomic E-state index is 10.5. The van der Waals surface area contributed by atoms with E-state index in [4.69, 9.17) is 4.55 Å². The van der Waals surface area contributed by atoms with E-state index in [9.17, 15) is 8.42 Å². The van der Waals surface area contributed by atoms with Crippen molar-refractivity contribution in [3.63, 3.8) is 0 Å². The van der Waals surface area contributed by atoms with Crippen LogP contribution < -0.4 is 0 Å². The van der Waals surface area contributed by atoms with Crippen LogP contribution in [0.3, 0.4) is 0 Å². The lowest BCUT2D eigenvalue weighted by atomic mass is 10.1. The van der Waals surface area contributed by atoms with E-state index in [2.05, 4.69) is 36.2 Å². The Bertz CT molecular complexity index is 642. The minimum absolute atomic E-state index is 0.0666. The summed E-state index contributed by atoms with van der Waals surface area (Å²) in [6.07, 6.45) is 15.7. The minimum atomic E-state index is -4.02. The molecule has 0 saturated carbocycles. The van der Waals surface area contributed by atoms with Crippen molar-refractivity contribution in [1.29, 1.82) is 0 Å². The molecule has 0 fully saturated rings. The van der Waals surface area contributed by atoms with Gasteiger partial charge < -0.3 is 9.80 Å². The van der Waals surface area contributed by atoms with Crippen LogP contribution in [-0.4, -0.2) is 43.0 Å². The molecule has 0 spiro atoms. The van der Waals surface area contributed by atoms with Crippen LogP contribution in [0.25, 0.3) is 0 Å². The fourth-order valence-electron chi connectivity index (χ4n) is 2.89. The first kappa shape index (κ1) is 23.5. The maximum Gasteiger partial charge on any atom is 0.294 e. The van der Waals surface area contributed by atoms with E-state index in [1.54, 1.807) is 12.1 Å². The minimum Gasteiger partial charge on any atom is -0.362 e. The number of unbranched alkanes of at least 4 members (excludes halogenated alkanes) is 7. The smallest absolute Gasteiger partial charge is 0.294 e. The normalized spacial score (nSPS) is 13.6. The average molecular weight is 397 g/mol. The zero-order valence-corrected chi connectivity index (χ0v) is 17.9. The van der Waals surface area contributed by atoms with Gasteiger partial charge in [-0.15, -0.1) is 0 Å². The number of benzene rings is 1. The van der Waals surface area contributed by atoms with Gasteiger partial charge in [-0.1, -0.05) is 69.6 Å². The summed E-state index contributed by atoms with van der Waals surface area (Å²) >= 11 is 0. The molecular weight excluding hydrogens is 360 g/mol. The van der Waals surface area contributed by atoms with Crippen molar-refractivity contribution in [3.8, 4) is 0 Å². The SMILES string of the molecule is CCCCCCCCCCN1C=CN(C)C1.Cc1ccc(S(=O)(=O)O)cc1. The second kappa shape index (κ2) is 12.8. The third kappa shape index (κ3) is 11.0. The second-order valence-electron chi connectivity index (χ2n) is 7.27. The fraction of sp³-hybridized carbons (Fsp3) is 0.619. The molecule has 0 saturated heterocycles. The summed E-state index contributed by atoms with van der Waals surface area (Å²) in [7, 11) is -1.89. The number of hydrogen-bond donors (Lipinski definition) is 1. The molecule has 0 radical (unpaired) electrons. The van der Waals surface area contributed by atoms with Gasteiger partial charge in [-0.2, -0.15) is 8.42 Å². The number of aryl methyl sites for hydroxylation is 1. The molecule has 1 aliphatic rings. The molecule has 27 heavy (non-hydrogen) atoms. The molecule has 154 valence electrons. The summed E-state index contributed by atoms with van der Waals surface area (Å²) in [5, 5.41) is 0. The predicted octanol–water partition coefficient (Wildman–Crippen LogP) is 5.04. The van der Waals surface area contributed by atoms with E-state index in [0.717, 1.165) is 12.2 Å². The number of nitrogens with zero attached hydrogens (tertiary/aromatic N) is 2. The van der Waals surface area contributed by atoms with E-state index in [-0.39, 0.29) is 4.90 Å². The topological polar surface area (TPSA) is 60.9 Å². The number of hydrogen-bond acceptors (Lipinski definition) is 4. The molecular formula is C21H36N2O3S. The van der Waals surface area contributed by atoms with Crippen molar-refractivity contribution in [2.45, 2.75) is 70.1 Å². The van der Waals surface area contributed by atoms with Crippen LogP contribution in [0.1, 0.15) is 63.9 Å². The van der Waals surface area contributed by atoms with Gasteiger partial charge in [-0.25, -0.2) is 0 Å². The zero-order chi connectivity index (χ0) is 20.1. The first-order chi connectivity index (χ1) is 12.8. The highest BCUT2D eigenvalue weighted by Gasteiger charge is 2.07. The summed E-state index contributed by atoms with van der Waals surface area (Å²) < 4.78 is 29.6. The lowest BCUT2D eigenvalue weighted by molar-refractivity contribution is 0.290. The Labute approximate surface area is 165 Å². The quantitative estimate of drug-likeness (QED) is 0.443. The first-order valence-corrected chi connectivity index (χ1v) is 11.4. The van der Waals surface area contributed by atoms with Gasteiger partial charge in [0.1, 0.15) is 0 Å². The van der Waals surface area contributed by atoms with Gasteiger partial charge in [0.15, 0.2) is 0 Å². The molecule has 0 aliphatic carbocycles. The first-order valence-electron chi connectivity index (χ1n) is 9.99. The van der Waals surface area contributed by atoms with Gasteiger partial charge in [-0.05, 0) is 25.5 Å². The van der Waals surface area contributed by atoms with E-state index >= 15 is 0 Å². The Morgan fingerprint density at radius 1 is 0.926 bits per heavy atom. The largest absolute Gasteiger partial charge is 0.362 e. The van der Waals surface area contributed by atoms with Crippen LogP contribution >= 0.6 is 0 Å². The third-order valence-corrected chi connectivity index (χ3v) is 5.42. The fourth-order valence-corrected chi connectivity index (χ4v) is 3.37. The molecule has 1 aromatic rings. The van der Waals surface area contributed by atoms with Crippen molar-refractivity contribution < 1.29 is 13.0 Å². The van der Waals surface area contributed by atoms with Gasteiger partial charge in [0.2, 0.25) is 0 Å². The molecule has 5 nitrogen and oxygen atoms in total. The van der Waals surface area contributed by atoms with E-state index in [0.29, 0.717) is 0 Å². The standard InChI is InChI=1S/C14H28N2.C7H8O3S/c1-3-4-5-6-7-8-9-10-11-16-13-12-15(2)14-16;1-6-2-4-7(5-3-6)11(8,9)10/h12-13H,3-11,14H2,1-2H3;2-5H,1H3,(H,8,9,10). The van der Waals surface area contributed by atoms with E-state index in [1.807, 2.05) is 6.92 Å². The molecule has 1 aromatic carbocycles. The molecule has 1 aliphatic heterocycles. The van der Waals surface area contributed by atoms with Crippen molar-refractivity contribution >= 4 is 10.1 Å². The molecule has 0 bridgehead atoms. The average Bonchev–Trinajstić information content (AvgIpc) is 3.03. The summed E-state index contributed by atoms with van der Waals surface area (Å²) in [4.78, 5) is 4.56. The van der Waals surface area contributed by atoms with E-state index < -0.39 is 10.1 Å². The highest BCUT2D eigenvalue weighted by molar-refractivity contribution is 7.85. The molecule has 0 amide bonds. The van der Waals surface area contributed by atoms with Gasteiger partial charge in [0, 0.05) is 26.0 Å². The summed E-state index contributed by atoms with van der Waals surface area (Å²) in [5.74, 6) is 0. The maximum absolute atomic E-state index is 10.5. The molecule has 6 heteroatoms. The lowest BCUT2D eigenvalue weighted by Gasteiger charge is -2.17. The highest BCUT2D eigenvalue weighted by Crippen LogP contribution is 2.11. The summed E-state index contributed by atoms with van der Waals surface area (Å²) in [6, 6.07) is 5.99. The number of rotatable bonds is 10. The van der Waals surface area contributed by atoms with Crippen molar-refractivity contribution in [2.75, 3.05) is 20.3 Å². The second-order valence-corrected chi connectivity index (χ2v) is 8.69. The Morgan fingerprint density at radius 3 is 1.96 bits per heavy atom. The molecule has 1 N–H and O–H groups in total. The van der Waals surface area contributed by atoms with E-state index in [1.165, 1.54) is 70.0 Å². The Kier molecular flexibility index (Phi) is 11.1. The highest BCUT2D eigenvalue weighted by atomic mass is 32.2. The Balaban J connectivity index is 0.000000289. The molecule has 2 rings (SSSR count). The third-order valence-electron chi connectivity index (χ3n) is 4.55. The molecule has 0 unspecified atom stereocenters. The van der Waals surface area contributed by atoms with Gasteiger partial charge in [0.05, 0.1) is 11.6 Å². The summed E-state index contributed by atoms with van der Waals surface area (Å²) in [6.45, 7) is 6.43.